The van der Waals surface area contributed by atoms with Crippen molar-refractivity contribution in [1.29, 1.82) is 0 Å². The number of likely N-dealkylation sites (N-methyl/N-ethyl adjacent to an activating group) is 1. The van der Waals surface area contributed by atoms with Crippen LogP contribution in [0.15, 0.2) is 48.5 Å². The average Bonchev–Trinajstić information content (AvgIpc) is 2.54. The van der Waals surface area contributed by atoms with Gasteiger partial charge in [-0.15, -0.1) is 0 Å². The monoisotopic (exact) mass is 334 g/mol. The molecule has 6 nitrogen and oxygen atoms in total. The lowest BCUT2D eigenvalue weighted by Gasteiger charge is -2.17. The predicted octanol–water partition coefficient (Wildman–Crippen LogP) is 3.29. The number of para-hydroxylation sites is 2. The number of nitrogens with zero attached hydrogens (tertiary/aromatic N) is 2. The van der Waals surface area contributed by atoms with Gasteiger partial charge in [-0.3, -0.25) is 14.9 Å². The first kappa shape index (κ1) is 16.8. The maximum atomic E-state index is 12.1. The summed E-state index contributed by atoms with van der Waals surface area (Å²) in [4.78, 5) is 23.9. The van der Waals surface area contributed by atoms with E-state index >= 15 is 0 Å². The lowest BCUT2D eigenvalue weighted by atomic mass is 10.2. The van der Waals surface area contributed by atoms with E-state index in [0.717, 1.165) is 5.56 Å². The number of amides is 1. The molecule has 0 N–H and O–H groups in total. The summed E-state index contributed by atoms with van der Waals surface area (Å²) in [6.07, 6.45) is 0. The molecule has 0 saturated heterocycles. The SMILES string of the molecule is CN(Cc1ccc(Cl)cc1)C(=O)COc1ccccc1[N+](=O)[O-]. The number of benzene rings is 2. The highest BCUT2D eigenvalue weighted by Crippen LogP contribution is 2.25. The Balaban J connectivity index is 1.94. The summed E-state index contributed by atoms with van der Waals surface area (Å²) < 4.78 is 5.28. The maximum absolute atomic E-state index is 12.1. The van der Waals surface area contributed by atoms with Crippen molar-refractivity contribution in [3.63, 3.8) is 0 Å². The lowest BCUT2D eigenvalue weighted by Crippen LogP contribution is -2.31. The number of nitro benzene ring substituents is 1. The van der Waals surface area contributed by atoms with Gasteiger partial charge in [0.25, 0.3) is 5.91 Å². The van der Waals surface area contributed by atoms with E-state index in [1.807, 2.05) is 12.1 Å². The Kier molecular flexibility index (Phi) is 5.54. The highest BCUT2D eigenvalue weighted by molar-refractivity contribution is 6.30. The topological polar surface area (TPSA) is 72.7 Å². The lowest BCUT2D eigenvalue weighted by molar-refractivity contribution is -0.385. The van der Waals surface area contributed by atoms with Gasteiger partial charge in [0.15, 0.2) is 12.4 Å². The van der Waals surface area contributed by atoms with Crippen LogP contribution in [0.1, 0.15) is 5.56 Å². The fourth-order valence-electron chi connectivity index (χ4n) is 1.93. The number of hydrogen-bond donors (Lipinski definition) is 0. The third-order valence-electron chi connectivity index (χ3n) is 3.17. The van der Waals surface area contributed by atoms with Gasteiger partial charge in [0, 0.05) is 24.7 Å². The first-order chi connectivity index (χ1) is 11.0. The van der Waals surface area contributed by atoms with Crippen LogP contribution in [0.25, 0.3) is 0 Å². The van der Waals surface area contributed by atoms with Crippen molar-refractivity contribution in [2.45, 2.75) is 6.54 Å². The van der Waals surface area contributed by atoms with Crippen molar-refractivity contribution >= 4 is 23.2 Å². The zero-order chi connectivity index (χ0) is 16.8. The quantitative estimate of drug-likeness (QED) is 0.600. The van der Waals surface area contributed by atoms with Gasteiger partial charge in [-0.2, -0.15) is 0 Å². The molecule has 0 bridgehead atoms. The molecular formula is C16H15ClN2O4. The minimum absolute atomic E-state index is 0.0748. The largest absolute Gasteiger partial charge is 0.477 e. The summed E-state index contributed by atoms with van der Waals surface area (Å²) in [6, 6.07) is 13.1. The van der Waals surface area contributed by atoms with Gasteiger partial charge in [0.1, 0.15) is 0 Å². The van der Waals surface area contributed by atoms with E-state index in [9.17, 15) is 14.9 Å². The van der Waals surface area contributed by atoms with E-state index in [4.69, 9.17) is 16.3 Å². The van der Waals surface area contributed by atoms with Crippen molar-refractivity contribution in [2.75, 3.05) is 13.7 Å². The number of rotatable bonds is 6. The summed E-state index contributed by atoms with van der Waals surface area (Å²) in [5.74, 6) is -0.205. The predicted molar refractivity (Wildman–Crippen MR) is 86.5 cm³/mol. The zero-order valence-electron chi connectivity index (χ0n) is 12.4. The Labute approximate surface area is 138 Å². The molecule has 2 aromatic rings. The molecule has 120 valence electrons. The minimum atomic E-state index is -0.544. The van der Waals surface area contributed by atoms with Gasteiger partial charge >= 0.3 is 5.69 Å². The van der Waals surface area contributed by atoms with Gasteiger partial charge < -0.3 is 9.64 Å². The summed E-state index contributed by atoms with van der Waals surface area (Å²) in [5.41, 5.74) is 0.761. The molecule has 2 aromatic carbocycles. The fourth-order valence-corrected chi connectivity index (χ4v) is 2.06. The normalized spacial score (nSPS) is 10.2. The molecule has 0 aliphatic heterocycles. The van der Waals surface area contributed by atoms with Crippen LogP contribution in [0.4, 0.5) is 5.69 Å². The van der Waals surface area contributed by atoms with Crippen molar-refractivity contribution in [2.24, 2.45) is 0 Å². The molecule has 0 atom stereocenters. The van der Waals surface area contributed by atoms with Gasteiger partial charge in [0.2, 0.25) is 0 Å². The van der Waals surface area contributed by atoms with E-state index in [0.29, 0.717) is 11.6 Å². The Bertz CT molecular complexity index is 703. The van der Waals surface area contributed by atoms with Crippen LogP contribution in [-0.2, 0) is 11.3 Å². The second-order valence-electron chi connectivity index (χ2n) is 4.89. The number of carbonyl (C=O) groups is 1. The second-order valence-corrected chi connectivity index (χ2v) is 5.33. The van der Waals surface area contributed by atoms with E-state index in [1.54, 1.807) is 31.3 Å². The van der Waals surface area contributed by atoms with E-state index < -0.39 is 4.92 Å². The van der Waals surface area contributed by atoms with Crippen molar-refractivity contribution < 1.29 is 14.5 Å². The Morgan fingerprint density at radius 3 is 2.52 bits per heavy atom. The first-order valence-electron chi connectivity index (χ1n) is 6.82. The molecular weight excluding hydrogens is 320 g/mol. The molecule has 0 aliphatic rings. The first-order valence-corrected chi connectivity index (χ1v) is 7.20. The summed E-state index contributed by atoms with van der Waals surface area (Å²) in [5, 5.41) is 11.5. The van der Waals surface area contributed by atoms with Gasteiger partial charge in [0.05, 0.1) is 4.92 Å². The molecule has 0 fully saturated rings. The number of carbonyl (C=O) groups excluding carboxylic acids is 1. The van der Waals surface area contributed by atoms with Crippen LogP contribution in [0.5, 0.6) is 5.75 Å². The van der Waals surface area contributed by atoms with Crippen LogP contribution >= 0.6 is 11.6 Å². The van der Waals surface area contributed by atoms with Crippen LogP contribution in [0.2, 0.25) is 5.02 Å². The van der Waals surface area contributed by atoms with Gasteiger partial charge in [-0.25, -0.2) is 0 Å². The van der Waals surface area contributed by atoms with E-state index in [2.05, 4.69) is 0 Å². The average molecular weight is 335 g/mol. The molecule has 7 heteroatoms. The maximum Gasteiger partial charge on any atom is 0.310 e. The molecule has 0 saturated carbocycles. The van der Waals surface area contributed by atoms with Crippen molar-refractivity contribution in [3.8, 4) is 5.75 Å². The molecule has 0 aromatic heterocycles. The van der Waals surface area contributed by atoms with E-state index in [1.165, 1.54) is 17.0 Å². The minimum Gasteiger partial charge on any atom is -0.477 e. The van der Waals surface area contributed by atoms with Crippen molar-refractivity contribution in [3.05, 3.63) is 69.2 Å². The number of ether oxygens (including phenoxy) is 1. The third kappa shape index (κ3) is 4.69. The van der Waals surface area contributed by atoms with E-state index in [-0.39, 0.29) is 24.0 Å². The van der Waals surface area contributed by atoms with Gasteiger partial charge in [-0.1, -0.05) is 35.9 Å². The Hall–Kier alpha value is -2.60. The van der Waals surface area contributed by atoms with Crippen LogP contribution in [0, 0.1) is 10.1 Å². The smallest absolute Gasteiger partial charge is 0.310 e. The molecule has 0 spiro atoms. The number of nitro groups is 1. The molecule has 1 amide bonds. The summed E-state index contributed by atoms with van der Waals surface area (Å²) in [6.45, 7) is 0.130. The molecule has 0 aliphatic carbocycles. The molecule has 23 heavy (non-hydrogen) atoms. The van der Waals surface area contributed by atoms with Crippen LogP contribution in [0.3, 0.4) is 0 Å². The van der Waals surface area contributed by atoms with Crippen LogP contribution in [-0.4, -0.2) is 29.4 Å². The summed E-state index contributed by atoms with van der Waals surface area (Å²) >= 11 is 5.81. The second kappa shape index (κ2) is 7.60. The Morgan fingerprint density at radius 1 is 1.22 bits per heavy atom. The highest BCUT2D eigenvalue weighted by Gasteiger charge is 2.16. The molecule has 2 rings (SSSR count). The number of halogens is 1. The van der Waals surface area contributed by atoms with Gasteiger partial charge in [-0.05, 0) is 23.8 Å². The Morgan fingerprint density at radius 2 is 1.87 bits per heavy atom. The zero-order valence-corrected chi connectivity index (χ0v) is 13.2. The molecule has 0 heterocycles. The van der Waals surface area contributed by atoms with Crippen LogP contribution < -0.4 is 4.74 Å². The summed E-state index contributed by atoms with van der Waals surface area (Å²) in [7, 11) is 1.64. The highest BCUT2D eigenvalue weighted by atomic mass is 35.5. The standard InChI is InChI=1S/C16H15ClN2O4/c1-18(10-12-6-8-13(17)9-7-12)16(20)11-23-15-5-3-2-4-14(15)19(21)22/h2-9H,10-11H2,1H3. The fraction of sp³-hybridized carbons (Fsp3) is 0.188. The molecule has 0 radical (unpaired) electrons. The molecule has 0 unspecified atom stereocenters. The number of hydrogen-bond acceptors (Lipinski definition) is 4. The third-order valence-corrected chi connectivity index (χ3v) is 3.42. The van der Waals surface area contributed by atoms with Crippen molar-refractivity contribution in [1.82, 2.24) is 4.90 Å².